The van der Waals surface area contributed by atoms with E-state index in [2.05, 4.69) is 15.5 Å². The highest BCUT2D eigenvalue weighted by Gasteiger charge is 2.32. The molecule has 2 heterocycles. The van der Waals surface area contributed by atoms with Crippen LogP contribution in [0.5, 0.6) is 0 Å². The lowest BCUT2D eigenvalue weighted by atomic mass is 9.97. The fourth-order valence-corrected chi connectivity index (χ4v) is 3.43. The molecular weight excluding hydrogens is 372 g/mol. The van der Waals surface area contributed by atoms with Gasteiger partial charge < -0.3 is 19.5 Å². The number of amides is 2. The number of carbonyl (C=O) groups excluding carboxylic acids is 2. The third-order valence-electron chi connectivity index (χ3n) is 4.77. The van der Waals surface area contributed by atoms with Crippen LogP contribution in [-0.4, -0.2) is 51.3 Å². The van der Waals surface area contributed by atoms with Gasteiger partial charge in [-0.05, 0) is 59.6 Å². The first-order valence-electron chi connectivity index (χ1n) is 9.84. The molecule has 0 radical (unpaired) electrons. The number of likely N-dealkylation sites (tertiary alicyclic amines) is 1. The van der Waals surface area contributed by atoms with Crippen LogP contribution in [0.4, 0.5) is 4.79 Å². The molecule has 2 aromatic rings. The number of aromatic nitrogens is 2. The van der Waals surface area contributed by atoms with Gasteiger partial charge >= 0.3 is 6.09 Å². The first kappa shape index (κ1) is 20.8. The molecule has 1 aliphatic rings. The lowest BCUT2D eigenvalue weighted by Gasteiger charge is -2.38. The molecule has 8 heteroatoms. The molecule has 1 aliphatic heterocycles. The van der Waals surface area contributed by atoms with E-state index in [-0.39, 0.29) is 24.1 Å². The van der Waals surface area contributed by atoms with Gasteiger partial charge in [0, 0.05) is 18.6 Å². The van der Waals surface area contributed by atoms with Gasteiger partial charge in [-0.1, -0.05) is 17.3 Å². The Morgan fingerprint density at radius 2 is 2.00 bits per heavy atom. The topological polar surface area (TPSA) is 97.6 Å². The number of benzene rings is 1. The van der Waals surface area contributed by atoms with Crippen LogP contribution >= 0.6 is 0 Å². The summed E-state index contributed by atoms with van der Waals surface area (Å²) in [6.07, 6.45) is 1.01. The zero-order valence-electron chi connectivity index (χ0n) is 17.6. The molecule has 8 nitrogen and oxygen atoms in total. The maximum atomic E-state index is 12.9. The number of nitrogens with one attached hydrogen (secondary N) is 1. The Morgan fingerprint density at radius 3 is 2.62 bits per heavy atom. The fraction of sp³-hybridized carbons (Fsp3) is 0.524. The molecule has 1 aromatic carbocycles. The van der Waals surface area contributed by atoms with Crippen molar-refractivity contribution < 1.29 is 18.8 Å². The van der Waals surface area contributed by atoms with E-state index in [1.54, 1.807) is 30.0 Å². The number of rotatable bonds is 3. The lowest BCUT2D eigenvalue weighted by molar-refractivity contribution is 0.00960. The zero-order chi connectivity index (χ0) is 21.2. The van der Waals surface area contributed by atoms with Gasteiger partial charge in [-0.2, -0.15) is 4.98 Å². The molecule has 1 N–H and O–H groups in total. The molecule has 0 spiro atoms. The second kappa shape index (κ2) is 8.23. The van der Waals surface area contributed by atoms with Crippen molar-refractivity contribution in [2.75, 3.05) is 6.54 Å². The van der Waals surface area contributed by atoms with E-state index in [1.807, 2.05) is 33.8 Å². The summed E-state index contributed by atoms with van der Waals surface area (Å²) in [4.78, 5) is 31.2. The van der Waals surface area contributed by atoms with E-state index in [4.69, 9.17) is 9.26 Å². The van der Waals surface area contributed by atoms with Crippen molar-refractivity contribution in [1.82, 2.24) is 20.4 Å². The second-order valence-corrected chi connectivity index (χ2v) is 8.41. The monoisotopic (exact) mass is 400 g/mol. The number of nitrogens with zero attached hydrogens (tertiary/aromatic N) is 3. The average Bonchev–Trinajstić information content (AvgIpc) is 3.06. The molecule has 1 saturated heterocycles. The van der Waals surface area contributed by atoms with Crippen LogP contribution in [0.2, 0.25) is 0 Å². The smallest absolute Gasteiger partial charge is 0.410 e. The van der Waals surface area contributed by atoms with Crippen molar-refractivity contribution in [3.8, 4) is 11.5 Å². The van der Waals surface area contributed by atoms with Crippen molar-refractivity contribution >= 4 is 12.0 Å². The van der Waals surface area contributed by atoms with Gasteiger partial charge in [0.05, 0.1) is 11.1 Å². The number of piperidine rings is 1. The summed E-state index contributed by atoms with van der Waals surface area (Å²) in [6, 6.07) is 7.09. The van der Waals surface area contributed by atoms with Crippen molar-refractivity contribution in [3.63, 3.8) is 0 Å². The Kier molecular flexibility index (Phi) is 5.91. The van der Waals surface area contributed by atoms with Crippen molar-refractivity contribution in [2.24, 2.45) is 0 Å². The molecule has 2 amide bonds. The fourth-order valence-electron chi connectivity index (χ4n) is 3.43. The normalized spacial score (nSPS) is 19.7. The molecule has 0 aliphatic carbocycles. The standard InChI is InChI=1S/C21H28N4O4/c1-13-12-15(10-11-25(13)20(27)28-21(3,4)5)23-18(26)16-8-6-7-9-17(16)19-22-14(2)24-29-19/h6-9,13,15H,10-12H2,1-5H3,(H,23,26)/t13-,15-/m1/s1. The molecule has 29 heavy (non-hydrogen) atoms. The number of aryl methyl sites for hydroxylation is 1. The minimum Gasteiger partial charge on any atom is -0.444 e. The predicted molar refractivity (Wildman–Crippen MR) is 107 cm³/mol. The molecule has 0 unspecified atom stereocenters. The lowest BCUT2D eigenvalue weighted by Crippen LogP contribution is -2.52. The van der Waals surface area contributed by atoms with Crippen LogP contribution < -0.4 is 5.32 Å². The Morgan fingerprint density at radius 1 is 1.28 bits per heavy atom. The van der Waals surface area contributed by atoms with Crippen molar-refractivity contribution in [2.45, 2.75) is 65.1 Å². The molecule has 0 bridgehead atoms. The molecule has 1 aromatic heterocycles. The van der Waals surface area contributed by atoms with E-state index < -0.39 is 5.60 Å². The van der Waals surface area contributed by atoms with Gasteiger partial charge in [-0.3, -0.25) is 4.79 Å². The van der Waals surface area contributed by atoms with Crippen LogP contribution in [-0.2, 0) is 4.74 Å². The highest BCUT2D eigenvalue weighted by atomic mass is 16.6. The van der Waals surface area contributed by atoms with Gasteiger partial charge in [0.15, 0.2) is 5.82 Å². The summed E-state index contributed by atoms with van der Waals surface area (Å²) in [5, 5.41) is 6.88. The highest BCUT2D eigenvalue weighted by molar-refractivity contribution is 6.00. The first-order chi connectivity index (χ1) is 13.6. The third kappa shape index (κ3) is 5.13. The van der Waals surface area contributed by atoms with Gasteiger partial charge in [0.2, 0.25) is 0 Å². The van der Waals surface area contributed by atoms with Crippen LogP contribution in [0, 0.1) is 6.92 Å². The summed E-state index contributed by atoms with van der Waals surface area (Å²) < 4.78 is 10.7. The SMILES string of the molecule is Cc1noc(-c2ccccc2C(=O)N[C@@H]2CCN(C(=O)OC(C)(C)C)[C@H](C)C2)n1. The predicted octanol–water partition coefficient (Wildman–Crippen LogP) is 3.56. The van der Waals surface area contributed by atoms with Crippen LogP contribution in [0.15, 0.2) is 28.8 Å². The summed E-state index contributed by atoms with van der Waals surface area (Å²) in [7, 11) is 0. The maximum absolute atomic E-state index is 12.9. The molecule has 2 atom stereocenters. The molecule has 3 rings (SSSR count). The van der Waals surface area contributed by atoms with E-state index in [0.717, 1.165) is 0 Å². The number of hydrogen-bond acceptors (Lipinski definition) is 6. The largest absolute Gasteiger partial charge is 0.444 e. The minimum atomic E-state index is -0.529. The Hall–Kier alpha value is -2.90. The van der Waals surface area contributed by atoms with Gasteiger partial charge in [0.1, 0.15) is 5.60 Å². The van der Waals surface area contributed by atoms with E-state index >= 15 is 0 Å². The Balaban J connectivity index is 1.65. The Bertz CT molecular complexity index is 887. The summed E-state index contributed by atoms with van der Waals surface area (Å²) >= 11 is 0. The highest BCUT2D eigenvalue weighted by Crippen LogP contribution is 2.24. The van der Waals surface area contributed by atoms with Crippen LogP contribution in [0.3, 0.4) is 0 Å². The molecule has 1 fully saturated rings. The Labute approximate surface area is 170 Å². The minimum absolute atomic E-state index is 0.0299. The molecule has 0 saturated carbocycles. The molecular formula is C21H28N4O4. The summed E-state index contributed by atoms with van der Waals surface area (Å²) in [5.74, 6) is 0.638. The van der Waals surface area contributed by atoms with Crippen LogP contribution in [0.1, 0.15) is 56.7 Å². The summed E-state index contributed by atoms with van der Waals surface area (Å²) in [5.41, 5.74) is 0.557. The third-order valence-corrected chi connectivity index (χ3v) is 4.77. The number of carbonyl (C=O) groups is 2. The number of ether oxygens (including phenoxy) is 1. The maximum Gasteiger partial charge on any atom is 0.410 e. The molecule has 156 valence electrons. The van der Waals surface area contributed by atoms with Crippen molar-refractivity contribution in [1.29, 1.82) is 0 Å². The average molecular weight is 400 g/mol. The number of hydrogen-bond donors (Lipinski definition) is 1. The van der Waals surface area contributed by atoms with E-state index in [1.165, 1.54) is 0 Å². The second-order valence-electron chi connectivity index (χ2n) is 8.41. The summed E-state index contributed by atoms with van der Waals surface area (Å²) in [6.45, 7) is 9.79. The zero-order valence-corrected chi connectivity index (χ0v) is 17.6. The van der Waals surface area contributed by atoms with Crippen molar-refractivity contribution in [3.05, 3.63) is 35.7 Å². The van der Waals surface area contributed by atoms with Gasteiger partial charge in [0.25, 0.3) is 11.8 Å². The van der Waals surface area contributed by atoms with E-state index in [9.17, 15) is 9.59 Å². The van der Waals surface area contributed by atoms with Gasteiger partial charge in [-0.15, -0.1) is 0 Å². The van der Waals surface area contributed by atoms with Gasteiger partial charge in [-0.25, -0.2) is 4.79 Å². The first-order valence-corrected chi connectivity index (χ1v) is 9.84. The van der Waals surface area contributed by atoms with Crippen LogP contribution in [0.25, 0.3) is 11.5 Å². The quantitative estimate of drug-likeness (QED) is 0.846. The van der Waals surface area contributed by atoms with E-state index in [0.29, 0.717) is 42.2 Å².